The van der Waals surface area contributed by atoms with Gasteiger partial charge in [-0.1, -0.05) is 6.92 Å². The van der Waals surface area contributed by atoms with Crippen molar-refractivity contribution in [3.8, 4) is 0 Å². The molecule has 2 fully saturated rings. The average Bonchev–Trinajstić information content (AvgIpc) is 2.17. The van der Waals surface area contributed by atoms with Crippen molar-refractivity contribution in [1.82, 2.24) is 5.32 Å². The summed E-state index contributed by atoms with van der Waals surface area (Å²) in [6.07, 6.45) is 4.40. The van der Waals surface area contributed by atoms with Gasteiger partial charge in [-0.25, -0.2) is 0 Å². The quantitative estimate of drug-likeness (QED) is 0.688. The number of ether oxygens (including phenoxy) is 1. The maximum atomic E-state index is 11.6. The van der Waals surface area contributed by atoms with Crippen molar-refractivity contribution in [2.45, 2.75) is 50.7 Å². The topological polar surface area (TPSA) is 38.3 Å². The van der Waals surface area contributed by atoms with Gasteiger partial charge in [0.25, 0.3) is 0 Å². The molecule has 3 nitrogen and oxygen atoms in total. The van der Waals surface area contributed by atoms with Crippen LogP contribution in [0.5, 0.6) is 0 Å². The molecule has 0 aliphatic carbocycles. The van der Waals surface area contributed by atoms with E-state index in [-0.39, 0.29) is 11.7 Å². The second-order valence-corrected chi connectivity index (χ2v) is 4.50. The van der Waals surface area contributed by atoms with Crippen molar-refractivity contribution < 1.29 is 9.53 Å². The van der Waals surface area contributed by atoms with E-state index in [9.17, 15) is 4.79 Å². The Kier molecular flexibility index (Phi) is 2.88. The molecule has 1 spiro atoms. The largest absolute Gasteiger partial charge is 0.371 e. The molecular formula is C11H19NO2. The third-order valence-corrected chi connectivity index (χ3v) is 3.36. The van der Waals surface area contributed by atoms with Gasteiger partial charge >= 0.3 is 0 Å². The minimum atomic E-state index is -0.110. The van der Waals surface area contributed by atoms with Crippen molar-refractivity contribution in [3.63, 3.8) is 0 Å². The number of carbonyl (C=O) groups excluding carboxylic acids is 1. The van der Waals surface area contributed by atoms with E-state index in [2.05, 4.69) is 12.2 Å². The number of ketones is 1. The number of hydrogen-bond acceptors (Lipinski definition) is 3. The summed E-state index contributed by atoms with van der Waals surface area (Å²) in [5.41, 5.74) is -0.110. The Balaban J connectivity index is 2.05. The Hall–Kier alpha value is -0.410. The van der Waals surface area contributed by atoms with E-state index in [1.165, 1.54) is 0 Å². The molecule has 2 saturated heterocycles. The third kappa shape index (κ3) is 1.98. The maximum absolute atomic E-state index is 11.6. The second-order valence-electron chi connectivity index (χ2n) is 4.50. The fourth-order valence-electron chi connectivity index (χ4n) is 2.53. The van der Waals surface area contributed by atoms with E-state index >= 15 is 0 Å². The van der Waals surface area contributed by atoms with Crippen LogP contribution < -0.4 is 5.32 Å². The summed E-state index contributed by atoms with van der Waals surface area (Å²) in [4.78, 5) is 11.6. The summed E-state index contributed by atoms with van der Waals surface area (Å²) >= 11 is 0. The summed E-state index contributed by atoms with van der Waals surface area (Å²) in [7, 11) is 0. The lowest BCUT2D eigenvalue weighted by molar-refractivity contribution is -0.162. The smallest absolute Gasteiger partial charge is 0.138 e. The van der Waals surface area contributed by atoms with Gasteiger partial charge in [-0.2, -0.15) is 0 Å². The molecule has 0 saturated carbocycles. The molecule has 2 aliphatic rings. The first-order valence-corrected chi connectivity index (χ1v) is 5.64. The first-order chi connectivity index (χ1) is 6.74. The SMILES string of the molecule is CCC1CC(=O)CC2(CCNCC2)O1. The van der Waals surface area contributed by atoms with Crippen LogP contribution in [0, 0.1) is 0 Å². The lowest BCUT2D eigenvalue weighted by atomic mass is 9.83. The standard InChI is InChI=1S/C11H19NO2/c1-2-10-7-9(13)8-11(14-10)3-5-12-6-4-11/h10,12H,2-8H2,1H3. The summed E-state index contributed by atoms with van der Waals surface area (Å²) in [6.45, 7) is 4.07. The number of hydrogen-bond donors (Lipinski definition) is 1. The Morgan fingerprint density at radius 2 is 2.21 bits per heavy atom. The van der Waals surface area contributed by atoms with E-state index in [1.54, 1.807) is 0 Å². The van der Waals surface area contributed by atoms with E-state index < -0.39 is 0 Å². The van der Waals surface area contributed by atoms with Gasteiger partial charge in [0.15, 0.2) is 0 Å². The molecule has 1 N–H and O–H groups in total. The zero-order valence-corrected chi connectivity index (χ0v) is 8.84. The number of piperidine rings is 1. The van der Waals surface area contributed by atoms with Gasteiger partial charge in [-0.15, -0.1) is 0 Å². The summed E-state index contributed by atoms with van der Waals surface area (Å²) in [5, 5.41) is 3.31. The number of nitrogens with one attached hydrogen (secondary N) is 1. The van der Waals surface area contributed by atoms with Crippen LogP contribution in [0.25, 0.3) is 0 Å². The Labute approximate surface area is 85.2 Å². The van der Waals surface area contributed by atoms with Gasteiger partial charge in [0, 0.05) is 12.8 Å². The highest BCUT2D eigenvalue weighted by molar-refractivity contribution is 5.80. The van der Waals surface area contributed by atoms with Crippen LogP contribution in [0.1, 0.15) is 39.0 Å². The molecule has 0 amide bonds. The normalized spacial score (nSPS) is 32.1. The zero-order valence-electron chi connectivity index (χ0n) is 8.84. The summed E-state index contributed by atoms with van der Waals surface area (Å²) in [5.74, 6) is 0.394. The predicted octanol–water partition coefficient (Wildman–Crippen LogP) is 1.27. The van der Waals surface area contributed by atoms with Gasteiger partial charge in [0.1, 0.15) is 5.78 Å². The number of rotatable bonds is 1. The van der Waals surface area contributed by atoms with Crippen LogP contribution in [0.3, 0.4) is 0 Å². The first-order valence-electron chi connectivity index (χ1n) is 5.64. The van der Waals surface area contributed by atoms with E-state index in [4.69, 9.17) is 4.74 Å². The van der Waals surface area contributed by atoms with E-state index in [0.29, 0.717) is 18.6 Å². The fourth-order valence-corrected chi connectivity index (χ4v) is 2.53. The molecule has 2 aliphatic heterocycles. The lowest BCUT2D eigenvalue weighted by Crippen LogP contribution is -2.50. The monoisotopic (exact) mass is 197 g/mol. The van der Waals surface area contributed by atoms with Crippen molar-refractivity contribution >= 4 is 5.78 Å². The van der Waals surface area contributed by atoms with Gasteiger partial charge in [-0.3, -0.25) is 4.79 Å². The molecule has 0 aromatic carbocycles. The molecule has 2 rings (SSSR count). The first kappa shape index (κ1) is 10.1. The molecule has 0 bridgehead atoms. The zero-order chi connectivity index (χ0) is 10.0. The number of carbonyl (C=O) groups is 1. The third-order valence-electron chi connectivity index (χ3n) is 3.36. The molecule has 0 aromatic rings. The Bertz CT molecular complexity index is 221. The van der Waals surface area contributed by atoms with Crippen molar-refractivity contribution in [2.24, 2.45) is 0 Å². The fraction of sp³-hybridized carbons (Fsp3) is 0.909. The van der Waals surface area contributed by atoms with E-state index in [0.717, 1.165) is 32.4 Å². The van der Waals surface area contributed by atoms with Gasteiger partial charge in [0.05, 0.1) is 11.7 Å². The molecule has 80 valence electrons. The lowest BCUT2D eigenvalue weighted by Gasteiger charge is -2.43. The van der Waals surface area contributed by atoms with Crippen LogP contribution in [0.15, 0.2) is 0 Å². The highest BCUT2D eigenvalue weighted by Crippen LogP contribution is 2.34. The summed E-state index contributed by atoms with van der Waals surface area (Å²) < 4.78 is 6.07. The highest BCUT2D eigenvalue weighted by atomic mass is 16.5. The Morgan fingerprint density at radius 1 is 1.50 bits per heavy atom. The van der Waals surface area contributed by atoms with Crippen LogP contribution >= 0.6 is 0 Å². The predicted molar refractivity (Wildman–Crippen MR) is 54.2 cm³/mol. The average molecular weight is 197 g/mol. The summed E-state index contributed by atoms with van der Waals surface area (Å²) in [6, 6.07) is 0. The van der Waals surface area contributed by atoms with Crippen LogP contribution in [0.2, 0.25) is 0 Å². The van der Waals surface area contributed by atoms with Crippen molar-refractivity contribution in [1.29, 1.82) is 0 Å². The van der Waals surface area contributed by atoms with Crippen LogP contribution in [0.4, 0.5) is 0 Å². The van der Waals surface area contributed by atoms with Crippen molar-refractivity contribution in [3.05, 3.63) is 0 Å². The molecule has 1 unspecified atom stereocenters. The van der Waals surface area contributed by atoms with Crippen LogP contribution in [-0.4, -0.2) is 30.6 Å². The molecular weight excluding hydrogens is 178 g/mol. The van der Waals surface area contributed by atoms with Crippen LogP contribution in [-0.2, 0) is 9.53 Å². The molecule has 1 atom stereocenters. The molecule has 0 aromatic heterocycles. The molecule has 2 heterocycles. The minimum absolute atomic E-state index is 0.110. The maximum Gasteiger partial charge on any atom is 0.138 e. The minimum Gasteiger partial charge on any atom is -0.371 e. The molecule has 3 heteroatoms. The second kappa shape index (κ2) is 3.99. The van der Waals surface area contributed by atoms with E-state index in [1.807, 2.05) is 0 Å². The highest BCUT2D eigenvalue weighted by Gasteiger charge is 2.41. The van der Waals surface area contributed by atoms with Crippen molar-refractivity contribution in [2.75, 3.05) is 13.1 Å². The number of Topliss-reactive ketones (excluding diaryl/α,β-unsaturated/α-hetero) is 1. The molecule has 14 heavy (non-hydrogen) atoms. The van der Waals surface area contributed by atoms with Gasteiger partial charge in [0.2, 0.25) is 0 Å². The Morgan fingerprint density at radius 3 is 2.86 bits per heavy atom. The van der Waals surface area contributed by atoms with Gasteiger partial charge in [-0.05, 0) is 32.4 Å². The molecule has 0 radical (unpaired) electrons. The van der Waals surface area contributed by atoms with Gasteiger partial charge < -0.3 is 10.1 Å².